The molecule has 2 N–H and O–H groups in total. The van der Waals surface area contributed by atoms with E-state index < -0.39 is 29.9 Å². The van der Waals surface area contributed by atoms with Crippen molar-refractivity contribution in [1.29, 1.82) is 0 Å². The lowest BCUT2D eigenvalue weighted by Crippen LogP contribution is -2.39. The number of carbonyl (C=O) groups is 1. The van der Waals surface area contributed by atoms with Gasteiger partial charge in [0.25, 0.3) is 17.5 Å². The van der Waals surface area contributed by atoms with Crippen LogP contribution in [0.3, 0.4) is 0 Å². The second kappa shape index (κ2) is 5.74. The Labute approximate surface area is 107 Å². The molecule has 0 aliphatic rings. The monoisotopic (exact) mass is 277 g/mol. The van der Waals surface area contributed by atoms with Gasteiger partial charge in [-0.3, -0.25) is 14.9 Å². The molecule has 0 bridgehead atoms. The third kappa shape index (κ3) is 3.71. The number of hydrogen-bond donors (Lipinski definition) is 2. The van der Waals surface area contributed by atoms with Crippen LogP contribution in [0.15, 0.2) is 12.3 Å². The van der Waals surface area contributed by atoms with Crippen LogP contribution in [0.1, 0.15) is 17.4 Å². The first-order valence-electron chi connectivity index (χ1n) is 5.42. The van der Waals surface area contributed by atoms with Gasteiger partial charge in [0.05, 0.1) is 17.7 Å². The Hall–Kier alpha value is -2.03. The second-order valence-electron chi connectivity index (χ2n) is 3.82. The lowest BCUT2D eigenvalue weighted by atomic mass is 10.3. The molecule has 1 aromatic heterocycles. The Morgan fingerprint density at radius 1 is 1.63 bits per heavy atom. The first-order valence-corrected chi connectivity index (χ1v) is 5.42. The van der Waals surface area contributed by atoms with Gasteiger partial charge in [-0.25, -0.2) is 8.78 Å². The molecule has 1 aromatic rings. The topological polar surface area (TPSA) is 97.4 Å². The summed E-state index contributed by atoms with van der Waals surface area (Å²) in [5.41, 5.74) is -0.371. The Balaban J connectivity index is 2.84. The smallest absolute Gasteiger partial charge is 0.287 e. The summed E-state index contributed by atoms with van der Waals surface area (Å²) < 4.78 is 26.8. The van der Waals surface area contributed by atoms with E-state index in [1.54, 1.807) is 6.92 Å². The van der Waals surface area contributed by atoms with Crippen molar-refractivity contribution in [3.05, 3.63) is 28.1 Å². The van der Waals surface area contributed by atoms with E-state index >= 15 is 0 Å². The number of amides is 1. The average molecular weight is 277 g/mol. The molecule has 0 aromatic carbocycles. The number of carbonyl (C=O) groups excluding carboxylic acids is 1. The van der Waals surface area contributed by atoms with Gasteiger partial charge in [0.1, 0.15) is 12.3 Å². The van der Waals surface area contributed by atoms with Gasteiger partial charge in [0.15, 0.2) is 0 Å². The molecule has 106 valence electrons. The van der Waals surface area contributed by atoms with E-state index in [0.717, 1.165) is 12.3 Å². The highest BCUT2D eigenvalue weighted by Gasteiger charge is 2.29. The van der Waals surface area contributed by atoms with Gasteiger partial charge >= 0.3 is 0 Å². The van der Waals surface area contributed by atoms with Crippen LogP contribution in [0.4, 0.5) is 14.5 Å². The van der Waals surface area contributed by atoms with E-state index in [1.165, 1.54) is 4.57 Å². The van der Waals surface area contributed by atoms with Gasteiger partial charge in [-0.2, -0.15) is 0 Å². The number of aliphatic hydroxyl groups excluding tert-OH is 1. The molecule has 19 heavy (non-hydrogen) atoms. The first-order chi connectivity index (χ1) is 8.80. The number of aliphatic hydroxyl groups is 1. The van der Waals surface area contributed by atoms with Crippen LogP contribution in [-0.4, -0.2) is 39.6 Å². The van der Waals surface area contributed by atoms with Crippen molar-refractivity contribution >= 4 is 11.6 Å². The van der Waals surface area contributed by atoms with Crippen molar-refractivity contribution in [1.82, 2.24) is 9.88 Å². The lowest BCUT2D eigenvalue weighted by molar-refractivity contribution is -0.384. The predicted octanol–water partition coefficient (Wildman–Crippen LogP) is 0.774. The van der Waals surface area contributed by atoms with Crippen molar-refractivity contribution < 1.29 is 23.6 Å². The molecule has 1 rings (SSSR count). The quantitative estimate of drug-likeness (QED) is 0.593. The number of hydrogen-bond acceptors (Lipinski definition) is 4. The summed E-state index contributed by atoms with van der Waals surface area (Å²) in [4.78, 5) is 21.6. The summed E-state index contributed by atoms with van der Waals surface area (Å²) in [5, 5.41) is 20.9. The summed E-state index contributed by atoms with van der Waals surface area (Å²) in [6.45, 7) is -0.483. The Morgan fingerprint density at radius 3 is 2.74 bits per heavy atom. The van der Waals surface area contributed by atoms with Crippen molar-refractivity contribution in [2.75, 3.05) is 13.2 Å². The standard InChI is InChI=1S/C10H13F2N3O4/c1-2-14-4-7(15(18)19)3-8(14)9(17)13-5-10(11,12)6-16/h3-4,16H,2,5-6H2,1H3,(H,13,17). The van der Waals surface area contributed by atoms with Gasteiger partial charge in [-0.1, -0.05) is 0 Å². The van der Waals surface area contributed by atoms with Crippen LogP contribution in [0.2, 0.25) is 0 Å². The molecule has 0 fully saturated rings. The SMILES string of the molecule is CCn1cc([N+](=O)[O-])cc1C(=O)NCC(F)(F)CO. The minimum Gasteiger partial charge on any atom is -0.390 e. The highest BCUT2D eigenvalue weighted by Crippen LogP contribution is 2.17. The Morgan fingerprint density at radius 2 is 2.26 bits per heavy atom. The third-order valence-corrected chi connectivity index (χ3v) is 2.41. The van der Waals surface area contributed by atoms with E-state index in [1.807, 2.05) is 5.32 Å². The summed E-state index contributed by atoms with van der Waals surface area (Å²) in [7, 11) is 0. The number of aromatic nitrogens is 1. The highest BCUT2D eigenvalue weighted by molar-refractivity contribution is 5.93. The fourth-order valence-electron chi connectivity index (χ4n) is 1.40. The van der Waals surface area contributed by atoms with Crippen LogP contribution in [0, 0.1) is 10.1 Å². The average Bonchev–Trinajstić information content (AvgIpc) is 2.80. The number of aryl methyl sites for hydroxylation is 1. The fraction of sp³-hybridized carbons (Fsp3) is 0.500. The van der Waals surface area contributed by atoms with Crippen LogP contribution in [0.5, 0.6) is 0 Å². The van der Waals surface area contributed by atoms with Gasteiger partial charge in [0, 0.05) is 12.6 Å². The molecule has 0 unspecified atom stereocenters. The van der Waals surface area contributed by atoms with Crippen LogP contribution >= 0.6 is 0 Å². The summed E-state index contributed by atoms with van der Waals surface area (Å²) in [5.74, 6) is -4.28. The molecular weight excluding hydrogens is 264 g/mol. The number of rotatable bonds is 6. The van der Waals surface area contributed by atoms with Crippen molar-refractivity contribution in [2.45, 2.75) is 19.4 Å². The van der Waals surface area contributed by atoms with Gasteiger partial charge in [-0.05, 0) is 6.92 Å². The number of nitrogens with one attached hydrogen (secondary N) is 1. The highest BCUT2D eigenvalue weighted by atomic mass is 19.3. The number of alkyl halides is 2. The zero-order valence-corrected chi connectivity index (χ0v) is 10.1. The van der Waals surface area contributed by atoms with E-state index in [4.69, 9.17) is 5.11 Å². The van der Waals surface area contributed by atoms with Crippen LogP contribution in [-0.2, 0) is 6.54 Å². The van der Waals surface area contributed by atoms with E-state index in [-0.39, 0.29) is 17.9 Å². The molecule has 0 saturated carbocycles. The predicted molar refractivity (Wildman–Crippen MR) is 61.1 cm³/mol. The van der Waals surface area contributed by atoms with Gasteiger partial charge < -0.3 is 15.0 Å². The van der Waals surface area contributed by atoms with Crippen molar-refractivity contribution in [2.24, 2.45) is 0 Å². The molecule has 0 radical (unpaired) electrons. The molecule has 0 aliphatic heterocycles. The van der Waals surface area contributed by atoms with E-state index in [2.05, 4.69) is 0 Å². The fourth-order valence-corrected chi connectivity index (χ4v) is 1.40. The summed E-state index contributed by atoms with van der Waals surface area (Å²) in [6.07, 6.45) is 1.15. The Bertz CT molecular complexity index is 487. The summed E-state index contributed by atoms with van der Waals surface area (Å²) >= 11 is 0. The molecule has 0 atom stereocenters. The molecule has 1 heterocycles. The second-order valence-corrected chi connectivity index (χ2v) is 3.82. The molecular formula is C10H13F2N3O4. The first kappa shape index (κ1) is 15.0. The number of nitro groups is 1. The number of halogens is 2. The van der Waals surface area contributed by atoms with Gasteiger partial charge in [-0.15, -0.1) is 0 Å². The van der Waals surface area contributed by atoms with Crippen LogP contribution < -0.4 is 5.32 Å². The minimum absolute atomic E-state index is 0.0806. The lowest BCUT2D eigenvalue weighted by Gasteiger charge is -2.14. The van der Waals surface area contributed by atoms with E-state index in [0.29, 0.717) is 0 Å². The van der Waals surface area contributed by atoms with E-state index in [9.17, 15) is 23.7 Å². The van der Waals surface area contributed by atoms with Crippen LogP contribution in [0.25, 0.3) is 0 Å². The molecule has 1 amide bonds. The normalized spacial score (nSPS) is 11.4. The molecule has 0 spiro atoms. The number of nitrogens with zero attached hydrogens (tertiary/aromatic N) is 2. The third-order valence-electron chi connectivity index (χ3n) is 2.41. The maximum atomic E-state index is 12.8. The van der Waals surface area contributed by atoms with Crippen molar-refractivity contribution in [3.63, 3.8) is 0 Å². The molecule has 9 heteroatoms. The maximum Gasteiger partial charge on any atom is 0.287 e. The zero-order chi connectivity index (χ0) is 14.6. The molecule has 7 nitrogen and oxygen atoms in total. The minimum atomic E-state index is -3.43. The maximum absolute atomic E-state index is 12.8. The summed E-state index contributed by atoms with van der Waals surface area (Å²) in [6, 6.07) is 1.01. The Kier molecular flexibility index (Phi) is 4.54. The van der Waals surface area contributed by atoms with Gasteiger partial charge in [0.2, 0.25) is 0 Å². The molecule has 0 saturated heterocycles. The molecule has 0 aliphatic carbocycles. The van der Waals surface area contributed by atoms with Crippen molar-refractivity contribution in [3.8, 4) is 0 Å². The zero-order valence-electron chi connectivity index (χ0n) is 10.1. The largest absolute Gasteiger partial charge is 0.390 e.